The summed E-state index contributed by atoms with van der Waals surface area (Å²) in [5, 5.41) is 0. The zero-order valence-corrected chi connectivity index (χ0v) is 14.1. The third-order valence-electron chi connectivity index (χ3n) is 4.54. The van der Waals surface area contributed by atoms with Crippen molar-refractivity contribution in [2.75, 3.05) is 13.1 Å². The van der Waals surface area contributed by atoms with Crippen molar-refractivity contribution in [3.63, 3.8) is 0 Å². The number of alkyl halides is 3. The van der Waals surface area contributed by atoms with Crippen LogP contribution in [0.15, 0.2) is 59.1 Å². The number of likely N-dealkylation sites (tertiary alicyclic amines) is 1. The summed E-state index contributed by atoms with van der Waals surface area (Å²) in [5.74, 6) is 0. The zero-order valence-electron chi connectivity index (χ0n) is 12.5. The highest BCUT2D eigenvalue weighted by Crippen LogP contribution is 2.48. The summed E-state index contributed by atoms with van der Waals surface area (Å²) < 4.78 is 42.4. The van der Waals surface area contributed by atoms with E-state index in [1.165, 1.54) is 0 Å². The molecule has 2 aromatic rings. The Labute approximate surface area is 142 Å². The smallest absolute Gasteiger partial charge is 0.298 e. The molecule has 0 N–H and O–H groups in total. The molecule has 0 radical (unpaired) electrons. The molecule has 0 aromatic heterocycles. The topological polar surface area (TPSA) is 3.24 Å². The summed E-state index contributed by atoms with van der Waals surface area (Å²) in [5.41, 5.74) is -0.382. The first-order valence-electron chi connectivity index (χ1n) is 7.50. The van der Waals surface area contributed by atoms with E-state index in [1.807, 2.05) is 35.2 Å². The number of hydrogen-bond donors (Lipinski definition) is 0. The number of rotatable bonds is 3. The van der Waals surface area contributed by atoms with E-state index in [4.69, 9.17) is 0 Å². The Bertz CT molecular complexity index is 654. The Morgan fingerprint density at radius 2 is 1.65 bits per heavy atom. The molecule has 1 unspecified atom stereocenters. The Kier molecular flexibility index (Phi) is 4.52. The predicted octanol–water partition coefficient (Wildman–Crippen LogP) is 5.16. The van der Waals surface area contributed by atoms with Crippen molar-refractivity contribution in [3.05, 3.63) is 70.2 Å². The molecule has 1 aliphatic heterocycles. The van der Waals surface area contributed by atoms with Crippen LogP contribution in [-0.2, 0) is 12.0 Å². The lowest BCUT2D eigenvalue weighted by Crippen LogP contribution is -2.44. The van der Waals surface area contributed by atoms with Crippen LogP contribution < -0.4 is 0 Å². The lowest BCUT2D eigenvalue weighted by atomic mass is 9.79. The fourth-order valence-electron chi connectivity index (χ4n) is 3.26. The highest BCUT2D eigenvalue weighted by molar-refractivity contribution is 9.10. The molecule has 0 bridgehead atoms. The van der Waals surface area contributed by atoms with Crippen LogP contribution in [0, 0.1) is 0 Å². The second-order valence-corrected chi connectivity index (χ2v) is 6.95. The van der Waals surface area contributed by atoms with Crippen molar-refractivity contribution < 1.29 is 13.2 Å². The van der Waals surface area contributed by atoms with Crippen molar-refractivity contribution in [3.8, 4) is 0 Å². The molecular weight excluding hydrogens is 367 g/mol. The zero-order chi connectivity index (χ0) is 16.5. The monoisotopic (exact) mass is 383 g/mol. The van der Waals surface area contributed by atoms with E-state index in [0.717, 1.165) is 10.0 Å². The summed E-state index contributed by atoms with van der Waals surface area (Å²) in [6, 6.07) is 16.2. The van der Waals surface area contributed by atoms with Crippen LogP contribution in [0.1, 0.15) is 17.5 Å². The maximum Gasteiger partial charge on any atom is 0.399 e. The van der Waals surface area contributed by atoms with E-state index in [-0.39, 0.29) is 13.0 Å². The Hall–Kier alpha value is -1.33. The van der Waals surface area contributed by atoms with Gasteiger partial charge in [-0.1, -0.05) is 58.4 Å². The molecule has 3 rings (SSSR count). The molecular formula is C18H17BrF3N. The normalized spacial score (nSPS) is 22.4. The number of nitrogens with zero attached hydrogens (tertiary/aromatic N) is 1. The van der Waals surface area contributed by atoms with Crippen LogP contribution in [0.4, 0.5) is 13.2 Å². The number of benzene rings is 2. The van der Waals surface area contributed by atoms with Crippen molar-refractivity contribution in [1.29, 1.82) is 0 Å². The average molecular weight is 384 g/mol. The second kappa shape index (κ2) is 6.29. The van der Waals surface area contributed by atoms with Gasteiger partial charge in [-0.2, -0.15) is 13.2 Å². The maximum absolute atomic E-state index is 13.9. The molecule has 0 aliphatic carbocycles. The van der Waals surface area contributed by atoms with Gasteiger partial charge in [0, 0.05) is 17.6 Å². The Morgan fingerprint density at radius 1 is 1.00 bits per heavy atom. The van der Waals surface area contributed by atoms with Gasteiger partial charge in [-0.05, 0) is 36.2 Å². The molecule has 1 atom stereocenters. The standard InChI is InChI=1S/C18H17BrF3N/c19-16-8-6-15(7-9-16)17(18(20,21)22)10-11-23(13-17)12-14-4-2-1-3-5-14/h1-9H,10-13H2. The fourth-order valence-corrected chi connectivity index (χ4v) is 3.53. The molecule has 122 valence electrons. The van der Waals surface area contributed by atoms with Crippen LogP contribution in [0.2, 0.25) is 0 Å². The lowest BCUT2D eigenvalue weighted by Gasteiger charge is -2.32. The third kappa shape index (κ3) is 3.31. The van der Waals surface area contributed by atoms with E-state index < -0.39 is 11.6 Å². The SMILES string of the molecule is FC(F)(F)C1(c2ccc(Br)cc2)CCN(Cc2ccccc2)C1. The molecule has 5 heteroatoms. The minimum absolute atomic E-state index is 0.00697. The predicted molar refractivity (Wildman–Crippen MR) is 88.2 cm³/mol. The summed E-state index contributed by atoms with van der Waals surface area (Å²) in [6.45, 7) is 1.01. The van der Waals surface area contributed by atoms with E-state index in [0.29, 0.717) is 18.7 Å². The van der Waals surface area contributed by atoms with Crippen molar-refractivity contribution in [2.45, 2.75) is 24.6 Å². The first-order chi connectivity index (χ1) is 10.9. The second-order valence-electron chi connectivity index (χ2n) is 6.03. The molecule has 1 fully saturated rings. The maximum atomic E-state index is 13.9. The summed E-state index contributed by atoms with van der Waals surface area (Å²) in [4.78, 5) is 1.89. The van der Waals surface area contributed by atoms with Gasteiger partial charge in [-0.3, -0.25) is 4.90 Å². The molecule has 23 heavy (non-hydrogen) atoms. The Balaban J connectivity index is 1.86. The molecule has 1 aliphatic rings. The summed E-state index contributed by atoms with van der Waals surface area (Å²) in [7, 11) is 0. The third-order valence-corrected chi connectivity index (χ3v) is 5.07. The average Bonchev–Trinajstić information content (AvgIpc) is 2.94. The van der Waals surface area contributed by atoms with Gasteiger partial charge in [0.25, 0.3) is 0 Å². The molecule has 2 aromatic carbocycles. The van der Waals surface area contributed by atoms with E-state index in [1.54, 1.807) is 24.3 Å². The van der Waals surface area contributed by atoms with Crippen LogP contribution >= 0.6 is 15.9 Å². The number of hydrogen-bond acceptors (Lipinski definition) is 1. The van der Waals surface area contributed by atoms with Crippen molar-refractivity contribution in [2.24, 2.45) is 0 Å². The van der Waals surface area contributed by atoms with E-state index >= 15 is 0 Å². The summed E-state index contributed by atoms with van der Waals surface area (Å²) in [6.07, 6.45) is -4.16. The molecule has 0 spiro atoms. The fraction of sp³-hybridized carbons (Fsp3) is 0.333. The highest BCUT2D eigenvalue weighted by Gasteiger charge is 2.58. The van der Waals surface area contributed by atoms with Crippen LogP contribution in [0.25, 0.3) is 0 Å². The molecule has 1 nitrogen and oxygen atoms in total. The van der Waals surface area contributed by atoms with Gasteiger partial charge in [-0.15, -0.1) is 0 Å². The van der Waals surface area contributed by atoms with Gasteiger partial charge in [0.2, 0.25) is 0 Å². The lowest BCUT2D eigenvalue weighted by molar-refractivity contribution is -0.187. The highest BCUT2D eigenvalue weighted by atomic mass is 79.9. The summed E-state index contributed by atoms with van der Waals surface area (Å²) >= 11 is 3.29. The van der Waals surface area contributed by atoms with Gasteiger partial charge < -0.3 is 0 Å². The van der Waals surface area contributed by atoms with Crippen LogP contribution in [0.3, 0.4) is 0 Å². The molecule has 1 saturated heterocycles. The van der Waals surface area contributed by atoms with Gasteiger partial charge in [-0.25, -0.2) is 0 Å². The van der Waals surface area contributed by atoms with Gasteiger partial charge in [0.1, 0.15) is 5.41 Å². The van der Waals surface area contributed by atoms with Gasteiger partial charge in [0.15, 0.2) is 0 Å². The molecule has 0 amide bonds. The van der Waals surface area contributed by atoms with Crippen molar-refractivity contribution in [1.82, 2.24) is 4.90 Å². The van der Waals surface area contributed by atoms with Gasteiger partial charge in [0.05, 0.1) is 0 Å². The van der Waals surface area contributed by atoms with Crippen molar-refractivity contribution >= 4 is 15.9 Å². The van der Waals surface area contributed by atoms with Crippen LogP contribution in [-0.4, -0.2) is 24.2 Å². The minimum Gasteiger partial charge on any atom is -0.298 e. The first-order valence-corrected chi connectivity index (χ1v) is 8.29. The quantitative estimate of drug-likeness (QED) is 0.707. The minimum atomic E-state index is -4.26. The largest absolute Gasteiger partial charge is 0.399 e. The first kappa shape index (κ1) is 16.5. The Morgan fingerprint density at radius 3 is 2.26 bits per heavy atom. The van der Waals surface area contributed by atoms with Gasteiger partial charge >= 0.3 is 6.18 Å². The van der Waals surface area contributed by atoms with E-state index in [9.17, 15) is 13.2 Å². The van der Waals surface area contributed by atoms with Crippen LogP contribution in [0.5, 0.6) is 0 Å². The van der Waals surface area contributed by atoms with E-state index in [2.05, 4.69) is 15.9 Å². The molecule has 0 saturated carbocycles. The molecule has 1 heterocycles. The number of halogens is 4.